The maximum atomic E-state index is 12.3. The number of rotatable bonds is 7. The van der Waals surface area contributed by atoms with Crippen LogP contribution in [0, 0.1) is 0 Å². The summed E-state index contributed by atoms with van der Waals surface area (Å²) in [5, 5.41) is 11.7. The highest BCUT2D eigenvalue weighted by Crippen LogP contribution is 2.41. The molecular formula is C20H17ClF3N5O3. The van der Waals surface area contributed by atoms with Crippen molar-refractivity contribution in [1.29, 1.82) is 0 Å². The molecule has 0 aliphatic heterocycles. The van der Waals surface area contributed by atoms with Gasteiger partial charge in [-0.15, -0.1) is 23.4 Å². The van der Waals surface area contributed by atoms with Gasteiger partial charge in [0, 0.05) is 34.6 Å². The Morgan fingerprint density at radius 2 is 2.09 bits per heavy atom. The number of alkyl halides is 3. The fraction of sp³-hybridized carbons (Fsp3) is 0.350. The zero-order valence-corrected chi connectivity index (χ0v) is 17.3. The van der Waals surface area contributed by atoms with E-state index in [0.29, 0.717) is 22.5 Å². The average Bonchev–Trinajstić information content (AvgIpc) is 3.18. The van der Waals surface area contributed by atoms with Gasteiger partial charge < -0.3 is 9.73 Å². The first kappa shape index (κ1) is 22.2. The lowest BCUT2D eigenvalue weighted by Crippen LogP contribution is -2.34. The van der Waals surface area contributed by atoms with Crippen LogP contribution in [0.25, 0.3) is 16.5 Å². The fourth-order valence-electron chi connectivity index (χ4n) is 3.22. The molecule has 1 amide bonds. The highest BCUT2D eigenvalue weighted by Gasteiger charge is 2.42. The molecule has 2 aromatic heterocycles. The lowest BCUT2D eigenvalue weighted by atomic mass is 9.82. The van der Waals surface area contributed by atoms with Gasteiger partial charge in [-0.05, 0) is 37.5 Å². The molecule has 2 heterocycles. The number of carbonyl (C=O) groups excluding carboxylic acids is 1. The fourth-order valence-corrected chi connectivity index (χ4v) is 3.40. The Hall–Kier alpha value is -3.05. The number of carbonyl (C=O) groups is 1. The van der Waals surface area contributed by atoms with Gasteiger partial charge in [-0.2, -0.15) is 0 Å². The van der Waals surface area contributed by atoms with Crippen molar-refractivity contribution in [2.24, 2.45) is 0 Å². The number of benzene rings is 1. The first-order valence-electron chi connectivity index (χ1n) is 9.64. The first-order valence-corrected chi connectivity index (χ1v) is 10.0. The van der Waals surface area contributed by atoms with Crippen LogP contribution in [0.5, 0.6) is 0 Å². The van der Waals surface area contributed by atoms with Crippen molar-refractivity contribution in [3.8, 4) is 0 Å². The number of nitrogens with zero attached hydrogens (tertiary/aromatic N) is 4. The number of fused-ring (bicyclic) bond motifs is 1. The number of nitrogens with one attached hydrogen (secondary N) is 1. The van der Waals surface area contributed by atoms with Gasteiger partial charge in [-0.1, -0.05) is 18.2 Å². The number of ether oxygens (including phenoxy) is 1. The Morgan fingerprint density at radius 3 is 2.84 bits per heavy atom. The number of amides is 1. The highest BCUT2D eigenvalue weighted by molar-refractivity contribution is 6.31. The minimum Gasteiger partial charge on any atom is -0.421 e. The van der Waals surface area contributed by atoms with Crippen LogP contribution in [-0.2, 0) is 4.74 Å². The molecule has 0 atom stereocenters. The maximum Gasteiger partial charge on any atom is 0.522 e. The van der Waals surface area contributed by atoms with E-state index >= 15 is 0 Å². The molecule has 4 rings (SSSR count). The molecule has 1 saturated carbocycles. The molecule has 1 fully saturated rings. The van der Waals surface area contributed by atoms with E-state index < -0.39 is 18.4 Å². The van der Waals surface area contributed by atoms with Gasteiger partial charge in [-0.25, -0.2) is 9.97 Å². The summed E-state index contributed by atoms with van der Waals surface area (Å²) in [5.41, 5.74) is 1.08. The summed E-state index contributed by atoms with van der Waals surface area (Å²) in [6, 6.07) is 5.08. The van der Waals surface area contributed by atoms with Crippen molar-refractivity contribution in [2.45, 2.75) is 37.6 Å². The van der Waals surface area contributed by atoms with Crippen LogP contribution < -0.4 is 5.32 Å². The smallest absolute Gasteiger partial charge is 0.421 e. The molecule has 1 N–H and O–H groups in total. The number of hydrogen-bond acceptors (Lipinski definition) is 7. The van der Waals surface area contributed by atoms with Crippen LogP contribution in [0.2, 0.25) is 5.02 Å². The maximum absolute atomic E-state index is 12.3. The Balaban J connectivity index is 1.26. The lowest BCUT2D eigenvalue weighted by molar-refractivity contribution is -0.352. The molecule has 1 aliphatic carbocycles. The van der Waals surface area contributed by atoms with Crippen molar-refractivity contribution in [3.63, 3.8) is 0 Å². The summed E-state index contributed by atoms with van der Waals surface area (Å²) < 4.78 is 46.1. The van der Waals surface area contributed by atoms with E-state index in [1.807, 2.05) is 0 Å². The van der Waals surface area contributed by atoms with Gasteiger partial charge in [0.15, 0.2) is 0 Å². The van der Waals surface area contributed by atoms with E-state index in [1.165, 1.54) is 6.20 Å². The second-order valence-electron chi connectivity index (χ2n) is 7.31. The molecule has 8 nitrogen and oxygen atoms in total. The minimum absolute atomic E-state index is 0.0196. The molecule has 0 spiro atoms. The van der Waals surface area contributed by atoms with Crippen molar-refractivity contribution in [3.05, 3.63) is 53.6 Å². The summed E-state index contributed by atoms with van der Waals surface area (Å²) >= 11 is 5.92. The number of halogens is 4. The molecule has 0 radical (unpaired) electrons. The predicted octanol–water partition coefficient (Wildman–Crippen LogP) is 4.28. The Labute approximate surface area is 184 Å². The molecule has 12 heteroatoms. The Bertz CT molecular complexity index is 1160. The molecule has 0 unspecified atom stereocenters. The largest absolute Gasteiger partial charge is 0.522 e. The van der Waals surface area contributed by atoms with E-state index in [2.05, 4.69) is 36.8 Å². The number of aromatic nitrogens is 4. The Kier molecular flexibility index (Phi) is 6.11. The van der Waals surface area contributed by atoms with Crippen molar-refractivity contribution in [1.82, 2.24) is 25.5 Å². The third kappa shape index (κ3) is 5.22. The van der Waals surface area contributed by atoms with Crippen molar-refractivity contribution in [2.75, 3.05) is 6.54 Å². The van der Waals surface area contributed by atoms with E-state index in [0.717, 1.165) is 5.39 Å². The SMILES string of the molecule is C=C(CCNC(=O)c1ncc2cc(Cl)ccc2n1)c1nnc([C@H]2C[C@@H](OC(F)(F)F)C2)o1. The summed E-state index contributed by atoms with van der Waals surface area (Å²) in [6.07, 6.45) is -3.40. The molecule has 3 aromatic rings. The van der Waals surface area contributed by atoms with E-state index in [1.54, 1.807) is 18.2 Å². The predicted molar refractivity (Wildman–Crippen MR) is 108 cm³/mol. The van der Waals surface area contributed by atoms with Crippen LogP contribution in [0.1, 0.15) is 47.6 Å². The van der Waals surface area contributed by atoms with E-state index in [-0.39, 0.29) is 42.9 Å². The monoisotopic (exact) mass is 467 g/mol. The third-order valence-electron chi connectivity index (χ3n) is 4.94. The summed E-state index contributed by atoms with van der Waals surface area (Å²) in [6.45, 7) is 4.08. The second kappa shape index (κ2) is 8.83. The highest BCUT2D eigenvalue weighted by atomic mass is 35.5. The van der Waals surface area contributed by atoms with E-state index in [4.69, 9.17) is 16.0 Å². The van der Waals surface area contributed by atoms with Gasteiger partial charge >= 0.3 is 6.36 Å². The average molecular weight is 468 g/mol. The summed E-state index contributed by atoms with van der Waals surface area (Å²) in [4.78, 5) is 20.6. The third-order valence-corrected chi connectivity index (χ3v) is 5.18. The quantitative estimate of drug-likeness (QED) is 0.553. The van der Waals surface area contributed by atoms with E-state index in [9.17, 15) is 18.0 Å². The lowest BCUT2D eigenvalue weighted by Gasteiger charge is -2.32. The van der Waals surface area contributed by atoms with Gasteiger partial charge in [0.2, 0.25) is 17.6 Å². The second-order valence-corrected chi connectivity index (χ2v) is 7.74. The zero-order valence-electron chi connectivity index (χ0n) is 16.5. The van der Waals surface area contributed by atoms with Gasteiger partial charge in [0.1, 0.15) is 0 Å². The minimum atomic E-state index is -4.65. The Morgan fingerprint density at radius 1 is 1.31 bits per heavy atom. The molecule has 1 aromatic carbocycles. The molecule has 0 bridgehead atoms. The van der Waals surface area contributed by atoms with Crippen LogP contribution in [-0.4, -0.2) is 45.1 Å². The molecule has 32 heavy (non-hydrogen) atoms. The normalized spacial score (nSPS) is 18.4. The molecule has 0 saturated heterocycles. The van der Waals surface area contributed by atoms with Gasteiger partial charge in [-0.3, -0.25) is 9.53 Å². The van der Waals surface area contributed by atoms with Gasteiger partial charge in [0.05, 0.1) is 11.6 Å². The van der Waals surface area contributed by atoms with Crippen LogP contribution in [0.15, 0.2) is 35.4 Å². The van der Waals surface area contributed by atoms with Crippen molar-refractivity contribution >= 4 is 34.0 Å². The zero-order chi connectivity index (χ0) is 22.9. The summed E-state index contributed by atoms with van der Waals surface area (Å²) in [5.74, 6) is -0.293. The van der Waals surface area contributed by atoms with Crippen LogP contribution in [0.4, 0.5) is 13.2 Å². The summed E-state index contributed by atoms with van der Waals surface area (Å²) in [7, 11) is 0. The molecule has 168 valence electrons. The first-order chi connectivity index (χ1) is 15.2. The van der Waals surface area contributed by atoms with Crippen LogP contribution >= 0.6 is 11.6 Å². The van der Waals surface area contributed by atoms with Crippen molar-refractivity contribution < 1.29 is 27.1 Å². The number of hydrogen-bond donors (Lipinski definition) is 1. The van der Waals surface area contributed by atoms with Gasteiger partial charge in [0.25, 0.3) is 5.91 Å². The standard InChI is InChI=1S/C20H17ClF3N5O3/c1-10(18-28-29-19(31-18)11-7-14(8-11)32-20(22,23)24)4-5-25-17(30)16-26-9-12-6-13(21)2-3-15(12)27-16/h2-3,6,9,11,14H,1,4-5,7-8H2,(H,25,30)/t11-,14+. The molecular weight excluding hydrogens is 451 g/mol. The van der Waals surface area contributed by atoms with Crippen LogP contribution in [0.3, 0.4) is 0 Å². The molecule has 1 aliphatic rings. The topological polar surface area (TPSA) is 103 Å².